The number of carbonyl (C=O) groups is 3. The van der Waals surface area contributed by atoms with E-state index in [-0.39, 0.29) is 11.4 Å². The van der Waals surface area contributed by atoms with Crippen molar-refractivity contribution in [2.45, 2.75) is 20.3 Å². The number of amides is 4. The van der Waals surface area contributed by atoms with Gasteiger partial charge in [0.05, 0.1) is 12.3 Å². The fourth-order valence-electron chi connectivity index (χ4n) is 3.89. The van der Waals surface area contributed by atoms with Crippen molar-refractivity contribution in [1.29, 1.82) is 0 Å². The van der Waals surface area contributed by atoms with Crippen LogP contribution in [-0.2, 0) is 16.0 Å². The number of nitrogens with one attached hydrogen (secondary N) is 1. The van der Waals surface area contributed by atoms with E-state index in [0.717, 1.165) is 19.6 Å². The van der Waals surface area contributed by atoms with E-state index in [1.54, 1.807) is 37.3 Å². The highest BCUT2D eigenvalue weighted by molar-refractivity contribution is 14.1. The number of hydrogen-bond acceptors (Lipinski definition) is 4. The Morgan fingerprint density at radius 3 is 2.61 bits per heavy atom. The molecule has 6 nitrogen and oxygen atoms in total. The molecule has 184 valence electrons. The monoisotopic (exact) mass is 618 g/mol. The summed E-state index contributed by atoms with van der Waals surface area (Å²) in [5, 5.41) is 2.58. The molecule has 3 aromatic carbocycles. The number of halogens is 3. The third-order valence-electron chi connectivity index (χ3n) is 5.57. The molecule has 0 saturated carbocycles. The molecule has 0 atom stereocenters. The molecule has 1 fully saturated rings. The Labute approximate surface area is 226 Å². The number of rotatable bonds is 6. The molecule has 3 aromatic rings. The molecule has 1 aliphatic rings. The molecule has 4 rings (SSSR count). The molecule has 36 heavy (non-hydrogen) atoms. The van der Waals surface area contributed by atoms with Crippen LogP contribution < -0.4 is 15.0 Å². The normalized spacial score (nSPS) is 14.9. The maximum absolute atomic E-state index is 13.7. The molecular weight excluding hydrogens is 598 g/mol. The molecule has 1 saturated heterocycles. The number of hydrogen-bond donors (Lipinski definition) is 1. The van der Waals surface area contributed by atoms with Crippen LogP contribution in [0.25, 0.3) is 6.08 Å². The minimum Gasteiger partial charge on any atom is -0.494 e. The van der Waals surface area contributed by atoms with Crippen LogP contribution in [0, 0.1) is 16.3 Å². The van der Waals surface area contributed by atoms with Crippen LogP contribution in [0.4, 0.5) is 14.9 Å². The SMILES string of the molecule is CCOc1cc(/C=C2\C(=O)NC(=O)N(c3cc(Cl)ccc3C)C2=O)cc(I)c1Cc1cccc(F)c1. The summed E-state index contributed by atoms with van der Waals surface area (Å²) in [5.74, 6) is -1.32. The zero-order valence-corrected chi connectivity index (χ0v) is 22.3. The smallest absolute Gasteiger partial charge is 0.335 e. The summed E-state index contributed by atoms with van der Waals surface area (Å²) in [6, 6.07) is 13.9. The first-order valence-corrected chi connectivity index (χ1v) is 12.5. The Bertz CT molecular complexity index is 1420. The zero-order chi connectivity index (χ0) is 26.0. The molecule has 0 aliphatic carbocycles. The van der Waals surface area contributed by atoms with Gasteiger partial charge in [0.1, 0.15) is 17.1 Å². The summed E-state index contributed by atoms with van der Waals surface area (Å²) in [4.78, 5) is 39.4. The standard InChI is InChI=1S/C27H21ClFIN2O4/c1-3-36-24-13-17(12-22(30)20(24)10-16-5-4-6-19(29)9-16)11-21-25(33)31-27(35)32(26(21)34)23-14-18(28)8-7-15(23)2/h4-9,11-14H,3,10H2,1-2H3,(H,31,33,35)/b21-11+. The predicted octanol–water partition coefficient (Wildman–Crippen LogP) is 6.05. The lowest BCUT2D eigenvalue weighted by atomic mass is 10.00. The summed E-state index contributed by atoms with van der Waals surface area (Å²) >= 11 is 8.23. The van der Waals surface area contributed by atoms with Crippen molar-refractivity contribution in [2.75, 3.05) is 11.5 Å². The third kappa shape index (κ3) is 5.44. The highest BCUT2D eigenvalue weighted by Crippen LogP contribution is 2.32. The Kier molecular flexibility index (Phi) is 7.75. The first-order valence-electron chi connectivity index (χ1n) is 11.0. The molecule has 0 unspecified atom stereocenters. The molecule has 1 aliphatic heterocycles. The summed E-state index contributed by atoms with van der Waals surface area (Å²) < 4.78 is 20.4. The second-order valence-corrected chi connectivity index (χ2v) is 9.71. The topological polar surface area (TPSA) is 75.7 Å². The Hall–Kier alpha value is -3.24. The van der Waals surface area contributed by atoms with E-state index in [2.05, 4.69) is 27.9 Å². The van der Waals surface area contributed by atoms with Gasteiger partial charge in [-0.25, -0.2) is 14.1 Å². The quantitative estimate of drug-likeness (QED) is 0.208. The lowest BCUT2D eigenvalue weighted by molar-refractivity contribution is -0.122. The molecule has 0 spiro atoms. The predicted molar refractivity (Wildman–Crippen MR) is 145 cm³/mol. The number of ether oxygens (including phenoxy) is 1. The van der Waals surface area contributed by atoms with E-state index in [4.69, 9.17) is 16.3 Å². The maximum atomic E-state index is 13.7. The Morgan fingerprint density at radius 1 is 1.11 bits per heavy atom. The number of aryl methyl sites for hydroxylation is 1. The minimum atomic E-state index is -0.845. The molecule has 1 N–H and O–H groups in total. The van der Waals surface area contributed by atoms with Crippen LogP contribution in [0.1, 0.15) is 29.2 Å². The van der Waals surface area contributed by atoms with E-state index in [1.165, 1.54) is 24.3 Å². The van der Waals surface area contributed by atoms with Crippen molar-refractivity contribution in [2.24, 2.45) is 0 Å². The lowest BCUT2D eigenvalue weighted by Gasteiger charge is -2.27. The summed E-state index contributed by atoms with van der Waals surface area (Å²) in [6.07, 6.45) is 1.87. The van der Waals surface area contributed by atoms with Gasteiger partial charge in [0, 0.05) is 20.6 Å². The van der Waals surface area contributed by atoms with Crippen molar-refractivity contribution in [3.63, 3.8) is 0 Å². The Morgan fingerprint density at radius 2 is 1.89 bits per heavy atom. The molecule has 4 amide bonds. The van der Waals surface area contributed by atoms with Crippen LogP contribution in [0.2, 0.25) is 5.02 Å². The van der Waals surface area contributed by atoms with Gasteiger partial charge in [-0.3, -0.25) is 14.9 Å². The number of carbonyl (C=O) groups excluding carboxylic acids is 3. The number of imide groups is 2. The molecular formula is C27H21ClFIN2O4. The minimum absolute atomic E-state index is 0.204. The summed E-state index contributed by atoms with van der Waals surface area (Å²) in [7, 11) is 0. The van der Waals surface area contributed by atoms with Crippen LogP contribution >= 0.6 is 34.2 Å². The van der Waals surface area contributed by atoms with Gasteiger partial charge in [-0.15, -0.1) is 0 Å². The van der Waals surface area contributed by atoms with Crippen LogP contribution in [-0.4, -0.2) is 24.5 Å². The van der Waals surface area contributed by atoms with E-state index < -0.39 is 17.8 Å². The molecule has 0 bridgehead atoms. The first-order chi connectivity index (χ1) is 17.2. The van der Waals surface area contributed by atoms with Gasteiger partial charge in [-0.1, -0.05) is 29.8 Å². The number of anilines is 1. The van der Waals surface area contributed by atoms with Crippen molar-refractivity contribution < 1.29 is 23.5 Å². The van der Waals surface area contributed by atoms with Gasteiger partial charge in [0.2, 0.25) is 0 Å². The van der Waals surface area contributed by atoms with Gasteiger partial charge in [0.15, 0.2) is 0 Å². The molecule has 0 aromatic heterocycles. The van der Waals surface area contributed by atoms with Crippen LogP contribution in [0.5, 0.6) is 5.75 Å². The molecule has 1 heterocycles. The third-order valence-corrected chi connectivity index (χ3v) is 6.77. The maximum Gasteiger partial charge on any atom is 0.335 e. The Balaban J connectivity index is 1.74. The van der Waals surface area contributed by atoms with Gasteiger partial charge >= 0.3 is 6.03 Å². The van der Waals surface area contributed by atoms with E-state index in [0.29, 0.717) is 40.6 Å². The van der Waals surface area contributed by atoms with Crippen LogP contribution in [0.15, 0.2) is 60.2 Å². The number of urea groups is 1. The van der Waals surface area contributed by atoms with E-state index in [9.17, 15) is 18.8 Å². The zero-order valence-electron chi connectivity index (χ0n) is 19.4. The van der Waals surface area contributed by atoms with Gasteiger partial charge in [0.25, 0.3) is 11.8 Å². The highest BCUT2D eigenvalue weighted by Gasteiger charge is 2.37. The second-order valence-electron chi connectivity index (χ2n) is 8.11. The van der Waals surface area contributed by atoms with E-state index in [1.807, 2.05) is 13.0 Å². The second kappa shape index (κ2) is 10.8. The van der Waals surface area contributed by atoms with Crippen LogP contribution in [0.3, 0.4) is 0 Å². The summed E-state index contributed by atoms with van der Waals surface area (Å²) in [6.45, 7) is 3.97. The van der Waals surface area contributed by atoms with Crippen molar-refractivity contribution in [3.05, 3.63) is 96.8 Å². The first kappa shape index (κ1) is 25.8. The largest absolute Gasteiger partial charge is 0.494 e. The number of nitrogens with zero attached hydrogens (tertiary/aromatic N) is 1. The van der Waals surface area contributed by atoms with E-state index >= 15 is 0 Å². The number of benzene rings is 3. The van der Waals surface area contributed by atoms with Crippen molar-refractivity contribution in [3.8, 4) is 5.75 Å². The number of barbiturate groups is 1. The fourth-order valence-corrected chi connectivity index (χ4v) is 4.87. The molecule has 9 heteroatoms. The van der Waals surface area contributed by atoms with Gasteiger partial charge in [-0.2, -0.15) is 0 Å². The lowest BCUT2D eigenvalue weighted by Crippen LogP contribution is -2.54. The summed E-state index contributed by atoms with van der Waals surface area (Å²) in [5.41, 5.74) is 2.92. The van der Waals surface area contributed by atoms with Gasteiger partial charge in [-0.05, 0) is 95.6 Å². The average molecular weight is 619 g/mol. The van der Waals surface area contributed by atoms with Gasteiger partial charge < -0.3 is 4.74 Å². The highest BCUT2D eigenvalue weighted by atomic mass is 127. The van der Waals surface area contributed by atoms with Crippen molar-refractivity contribution in [1.82, 2.24) is 5.32 Å². The van der Waals surface area contributed by atoms with Crippen molar-refractivity contribution >= 4 is 63.8 Å². The average Bonchev–Trinajstić information content (AvgIpc) is 2.81. The fraction of sp³-hybridized carbons (Fsp3) is 0.148. The molecule has 0 radical (unpaired) electrons.